The van der Waals surface area contributed by atoms with Crippen LogP contribution in [0.25, 0.3) is 16.5 Å². The molecule has 2 aromatic rings. The summed E-state index contributed by atoms with van der Waals surface area (Å²) < 4.78 is 0. The first kappa shape index (κ1) is 16.2. The SMILES string of the molecule is CC.CCc1cc(C)nc2ccc(C3=CC4CC(C3)N4C)cc12. The van der Waals surface area contributed by atoms with Crippen molar-refractivity contribution in [2.75, 3.05) is 7.05 Å². The van der Waals surface area contributed by atoms with Crippen LogP contribution in [-0.2, 0) is 6.42 Å². The average Bonchev–Trinajstić information content (AvgIpc) is 2.61. The molecule has 0 saturated carbocycles. The third-order valence-corrected chi connectivity index (χ3v) is 5.24. The van der Waals surface area contributed by atoms with Crippen molar-refractivity contribution in [3.63, 3.8) is 0 Å². The topological polar surface area (TPSA) is 16.1 Å². The predicted octanol–water partition coefficient (Wildman–Crippen LogP) is 4.99. The molecule has 122 valence electrons. The maximum absolute atomic E-state index is 4.68. The first-order valence-corrected chi connectivity index (χ1v) is 8.99. The number of likely N-dealkylation sites (N-methyl/N-ethyl adjacent to an activating group) is 1. The molecule has 23 heavy (non-hydrogen) atoms. The summed E-state index contributed by atoms with van der Waals surface area (Å²) in [6.07, 6.45) is 6.07. The summed E-state index contributed by atoms with van der Waals surface area (Å²) in [7, 11) is 2.24. The molecule has 3 aliphatic rings. The Bertz CT molecular complexity index is 745. The van der Waals surface area contributed by atoms with Gasteiger partial charge in [0, 0.05) is 23.2 Å². The molecule has 5 rings (SSSR count). The van der Waals surface area contributed by atoms with Crippen molar-refractivity contribution >= 4 is 16.5 Å². The molecule has 0 spiro atoms. The molecule has 2 heteroatoms. The fourth-order valence-electron chi connectivity index (χ4n) is 3.86. The minimum atomic E-state index is 0.663. The van der Waals surface area contributed by atoms with E-state index in [0.717, 1.165) is 23.7 Å². The summed E-state index contributed by atoms with van der Waals surface area (Å²) in [6, 6.07) is 10.5. The lowest BCUT2D eigenvalue weighted by Crippen LogP contribution is -2.54. The van der Waals surface area contributed by atoms with E-state index in [1.165, 1.54) is 34.9 Å². The van der Waals surface area contributed by atoms with Crippen LogP contribution in [0.3, 0.4) is 0 Å². The Morgan fingerprint density at radius 1 is 1.22 bits per heavy atom. The molecule has 1 saturated heterocycles. The van der Waals surface area contributed by atoms with Crippen molar-refractivity contribution in [1.82, 2.24) is 9.88 Å². The van der Waals surface area contributed by atoms with Crippen molar-refractivity contribution < 1.29 is 0 Å². The highest BCUT2D eigenvalue weighted by molar-refractivity contribution is 5.87. The normalized spacial score (nSPS) is 22.9. The van der Waals surface area contributed by atoms with Gasteiger partial charge in [-0.3, -0.25) is 9.88 Å². The number of aryl methyl sites for hydroxylation is 2. The van der Waals surface area contributed by atoms with Crippen LogP contribution in [0.1, 0.15) is 50.4 Å². The minimum absolute atomic E-state index is 0.663. The largest absolute Gasteiger partial charge is 0.297 e. The van der Waals surface area contributed by atoms with Gasteiger partial charge in [0.25, 0.3) is 0 Å². The third-order valence-electron chi connectivity index (χ3n) is 5.24. The van der Waals surface area contributed by atoms with E-state index in [9.17, 15) is 0 Å². The van der Waals surface area contributed by atoms with Crippen LogP contribution in [0.5, 0.6) is 0 Å². The quantitative estimate of drug-likeness (QED) is 0.777. The average molecular weight is 308 g/mol. The summed E-state index contributed by atoms with van der Waals surface area (Å²) in [6.45, 7) is 8.31. The van der Waals surface area contributed by atoms with Gasteiger partial charge in [0.2, 0.25) is 0 Å². The van der Waals surface area contributed by atoms with Gasteiger partial charge in [0.15, 0.2) is 0 Å². The van der Waals surface area contributed by atoms with Gasteiger partial charge in [0.05, 0.1) is 5.52 Å². The molecular weight excluding hydrogens is 280 g/mol. The molecule has 2 atom stereocenters. The van der Waals surface area contributed by atoms with Gasteiger partial charge in [-0.2, -0.15) is 0 Å². The highest BCUT2D eigenvalue weighted by atomic mass is 15.2. The molecule has 2 bridgehead atoms. The molecule has 3 heterocycles. The highest BCUT2D eigenvalue weighted by Gasteiger charge is 2.38. The first-order valence-electron chi connectivity index (χ1n) is 8.99. The molecule has 2 aliphatic heterocycles. The highest BCUT2D eigenvalue weighted by Crippen LogP contribution is 2.40. The second kappa shape index (κ2) is 6.45. The first-order chi connectivity index (χ1) is 11.2. The lowest BCUT2D eigenvalue weighted by atomic mass is 9.79. The second-order valence-corrected chi connectivity index (χ2v) is 6.53. The van der Waals surface area contributed by atoms with E-state index >= 15 is 0 Å². The molecule has 1 aromatic carbocycles. The Kier molecular flexibility index (Phi) is 4.54. The van der Waals surface area contributed by atoms with E-state index in [4.69, 9.17) is 0 Å². The van der Waals surface area contributed by atoms with Crippen LogP contribution in [0.2, 0.25) is 0 Å². The summed E-state index contributed by atoms with van der Waals surface area (Å²) in [4.78, 5) is 7.17. The summed E-state index contributed by atoms with van der Waals surface area (Å²) in [5.74, 6) is 0. The Hall–Kier alpha value is -1.67. The van der Waals surface area contributed by atoms with E-state index in [0.29, 0.717) is 6.04 Å². The van der Waals surface area contributed by atoms with E-state index < -0.39 is 0 Å². The second-order valence-electron chi connectivity index (χ2n) is 6.53. The van der Waals surface area contributed by atoms with Crippen molar-refractivity contribution in [2.45, 2.75) is 59.0 Å². The molecule has 2 unspecified atom stereocenters. The van der Waals surface area contributed by atoms with Crippen molar-refractivity contribution in [3.05, 3.63) is 47.2 Å². The Balaban J connectivity index is 0.000000753. The number of aromatic nitrogens is 1. The molecule has 1 aromatic heterocycles. The number of pyridine rings is 1. The molecule has 0 amide bonds. The number of hydrogen-bond acceptors (Lipinski definition) is 2. The minimum Gasteiger partial charge on any atom is -0.297 e. The van der Waals surface area contributed by atoms with E-state index in [1.807, 2.05) is 13.8 Å². The zero-order chi connectivity index (χ0) is 16.6. The van der Waals surface area contributed by atoms with Crippen molar-refractivity contribution in [1.29, 1.82) is 0 Å². The number of benzene rings is 1. The maximum atomic E-state index is 4.68. The van der Waals surface area contributed by atoms with E-state index in [1.54, 1.807) is 0 Å². The van der Waals surface area contributed by atoms with Crippen LogP contribution in [0.15, 0.2) is 30.3 Å². The molecule has 0 N–H and O–H groups in total. The molecule has 2 nitrogen and oxygen atoms in total. The molecule has 1 aliphatic carbocycles. The number of fused-ring (bicyclic) bond motifs is 2. The van der Waals surface area contributed by atoms with Crippen LogP contribution in [0.4, 0.5) is 0 Å². The van der Waals surface area contributed by atoms with Crippen LogP contribution >= 0.6 is 0 Å². The van der Waals surface area contributed by atoms with Crippen molar-refractivity contribution in [2.24, 2.45) is 0 Å². The molecule has 0 radical (unpaired) electrons. The smallest absolute Gasteiger partial charge is 0.0708 e. The summed E-state index contributed by atoms with van der Waals surface area (Å²) >= 11 is 0. The Morgan fingerprint density at radius 2 is 2.00 bits per heavy atom. The number of nitrogens with zero attached hydrogens (tertiary/aromatic N) is 2. The fraction of sp³-hybridized carbons (Fsp3) is 0.476. The number of rotatable bonds is 2. The van der Waals surface area contributed by atoms with Crippen LogP contribution in [-0.4, -0.2) is 29.0 Å². The van der Waals surface area contributed by atoms with Gasteiger partial charge in [-0.05, 0) is 68.1 Å². The van der Waals surface area contributed by atoms with Gasteiger partial charge < -0.3 is 0 Å². The monoisotopic (exact) mass is 308 g/mol. The lowest BCUT2D eigenvalue weighted by molar-refractivity contribution is 0.0700. The van der Waals surface area contributed by atoms with Gasteiger partial charge in [-0.25, -0.2) is 0 Å². The Morgan fingerprint density at radius 3 is 2.61 bits per heavy atom. The van der Waals surface area contributed by atoms with E-state index in [2.05, 4.69) is 61.1 Å². The maximum Gasteiger partial charge on any atom is 0.0708 e. The zero-order valence-electron chi connectivity index (χ0n) is 15.1. The Labute approximate surface area is 140 Å². The third kappa shape index (κ3) is 2.81. The van der Waals surface area contributed by atoms with Crippen molar-refractivity contribution in [3.8, 4) is 0 Å². The molecule has 1 fully saturated rings. The summed E-state index contributed by atoms with van der Waals surface area (Å²) in [5.41, 5.74) is 6.59. The van der Waals surface area contributed by atoms with Crippen LogP contribution < -0.4 is 0 Å². The summed E-state index contributed by atoms with van der Waals surface area (Å²) in [5, 5.41) is 1.33. The van der Waals surface area contributed by atoms with Gasteiger partial charge >= 0.3 is 0 Å². The standard InChI is InChI=1S/C19H22N2.C2H6/c1-4-13-7-12(2)20-19-6-5-14(10-18(13)19)15-8-16-11-17(9-15)21(16)3;1-2/h5-8,10,16-17H,4,9,11H2,1-3H3;1-2H3. The molecular formula is C21H28N2. The fourth-order valence-corrected chi connectivity index (χ4v) is 3.86. The lowest BCUT2D eigenvalue weighted by Gasteiger charge is -2.49. The van der Waals surface area contributed by atoms with Gasteiger partial charge in [-0.1, -0.05) is 32.9 Å². The van der Waals surface area contributed by atoms with E-state index in [-0.39, 0.29) is 0 Å². The van der Waals surface area contributed by atoms with Gasteiger partial charge in [-0.15, -0.1) is 0 Å². The predicted molar refractivity (Wildman–Crippen MR) is 99.8 cm³/mol. The van der Waals surface area contributed by atoms with Crippen LogP contribution in [0, 0.1) is 6.92 Å². The zero-order valence-corrected chi connectivity index (χ0v) is 15.1. The number of hydrogen-bond donors (Lipinski definition) is 0. The van der Waals surface area contributed by atoms with Gasteiger partial charge in [0.1, 0.15) is 0 Å².